The lowest BCUT2D eigenvalue weighted by atomic mass is 9.67. The van der Waals surface area contributed by atoms with Gasteiger partial charge in [-0.3, -0.25) is 4.57 Å². The first-order valence-corrected chi connectivity index (χ1v) is 28.5. The Labute approximate surface area is 476 Å². The van der Waals surface area contributed by atoms with E-state index in [1.54, 1.807) is 0 Å². The van der Waals surface area contributed by atoms with Gasteiger partial charge in [-0.2, -0.15) is 0 Å². The van der Waals surface area contributed by atoms with Crippen molar-refractivity contribution in [3.8, 4) is 39.6 Å². The summed E-state index contributed by atoms with van der Waals surface area (Å²) in [7, 11) is 0. The molecule has 14 aromatic rings. The van der Waals surface area contributed by atoms with Gasteiger partial charge in [0, 0.05) is 51.1 Å². The third-order valence-electron chi connectivity index (χ3n) is 17.5. The average molecular weight is 1050 g/mol. The fraction of sp³-hybridized carbons (Fsp3) is 0.0779. The van der Waals surface area contributed by atoms with Gasteiger partial charge in [0.15, 0.2) is 0 Å². The first-order valence-electron chi connectivity index (χ1n) is 28.5. The summed E-state index contributed by atoms with van der Waals surface area (Å²) in [5.41, 5.74) is 17.3. The van der Waals surface area contributed by atoms with E-state index < -0.39 is 5.41 Å². The molecule has 5 heteroatoms. The topological polar surface area (TPSA) is 35.2 Å². The molecule has 1 aliphatic carbocycles. The molecule has 0 amide bonds. The Morgan fingerprint density at radius 2 is 0.976 bits per heavy atom. The molecule has 11 aromatic carbocycles. The van der Waals surface area contributed by atoms with Gasteiger partial charge >= 0.3 is 0 Å². The van der Waals surface area contributed by atoms with Crippen molar-refractivity contribution >= 4 is 76.5 Å². The predicted molar refractivity (Wildman–Crippen MR) is 341 cm³/mol. The van der Waals surface area contributed by atoms with Gasteiger partial charge in [-0.1, -0.05) is 221 Å². The zero-order chi connectivity index (χ0) is 54.7. The van der Waals surface area contributed by atoms with E-state index in [9.17, 15) is 0 Å². The SMILES string of the molecule is CC(C)(C)c1ccnc(-n2c3ccccc3c3ccc(Oc4cccc(N5Cn6c7c(-c8cccc(C9(c%10ccccc%10)c%10ccccc%10-c%10ccccc%109)c8)cccc7c7ccccc7c7ccccc7c7cccc5c76)c4)cc32)c1. The largest absolute Gasteiger partial charge is 0.457 e. The van der Waals surface area contributed by atoms with Crippen LogP contribution in [0.25, 0.3) is 93.2 Å². The van der Waals surface area contributed by atoms with Crippen molar-refractivity contribution in [1.29, 1.82) is 0 Å². The van der Waals surface area contributed by atoms with Crippen molar-refractivity contribution in [2.24, 2.45) is 0 Å². The molecule has 5 nitrogen and oxygen atoms in total. The summed E-state index contributed by atoms with van der Waals surface area (Å²) in [6.07, 6.45) is 1.93. The third kappa shape index (κ3) is 7.22. The molecular weight excluding hydrogens is 997 g/mol. The highest BCUT2D eigenvalue weighted by atomic mass is 16.5. The van der Waals surface area contributed by atoms with Gasteiger partial charge in [0.05, 0.1) is 33.2 Å². The Morgan fingerprint density at radius 1 is 0.415 bits per heavy atom. The third-order valence-corrected chi connectivity index (χ3v) is 17.5. The Balaban J connectivity index is 0.889. The maximum absolute atomic E-state index is 6.97. The summed E-state index contributed by atoms with van der Waals surface area (Å²) in [6, 6.07) is 98.2. The highest BCUT2D eigenvalue weighted by Gasteiger charge is 2.46. The fourth-order valence-corrected chi connectivity index (χ4v) is 13.9. The molecule has 0 atom stereocenters. The Kier molecular flexibility index (Phi) is 10.7. The Bertz CT molecular complexity index is 4950. The molecule has 0 spiro atoms. The molecule has 390 valence electrons. The van der Waals surface area contributed by atoms with E-state index in [1.165, 1.54) is 82.2 Å². The van der Waals surface area contributed by atoms with Crippen LogP contribution in [0.2, 0.25) is 0 Å². The summed E-state index contributed by atoms with van der Waals surface area (Å²) in [5, 5.41) is 9.50. The molecule has 0 radical (unpaired) electrons. The van der Waals surface area contributed by atoms with Crippen LogP contribution in [0.1, 0.15) is 48.6 Å². The summed E-state index contributed by atoms with van der Waals surface area (Å²) in [5.74, 6) is 2.39. The van der Waals surface area contributed by atoms with Crippen LogP contribution in [0.15, 0.2) is 273 Å². The highest BCUT2D eigenvalue weighted by Crippen LogP contribution is 2.57. The highest BCUT2D eigenvalue weighted by molar-refractivity contribution is 6.22. The second kappa shape index (κ2) is 18.4. The molecule has 1 aliphatic heterocycles. The van der Waals surface area contributed by atoms with Gasteiger partial charge in [-0.15, -0.1) is 0 Å². The zero-order valence-electron chi connectivity index (χ0n) is 45.9. The van der Waals surface area contributed by atoms with Crippen molar-refractivity contribution in [2.75, 3.05) is 4.90 Å². The molecule has 0 saturated carbocycles. The lowest BCUT2D eigenvalue weighted by molar-refractivity contribution is 0.483. The van der Waals surface area contributed by atoms with Gasteiger partial charge in [0.1, 0.15) is 24.0 Å². The second-order valence-electron chi connectivity index (χ2n) is 23.0. The van der Waals surface area contributed by atoms with Crippen molar-refractivity contribution in [2.45, 2.75) is 38.3 Å². The van der Waals surface area contributed by atoms with E-state index in [0.29, 0.717) is 6.67 Å². The van der Waals surface area contributed by atoms with Crippen LogP contribution in [0.5, 0.6) is 11.5 Å². The minimum atomic E-state index is -0.546. The van der Waals surface area contributed by atoms with Gasteiger partial charge in [0.2, 0.25) is 0 Å². The number of hydrogen-bond acceptors (Lipinski definition) is 3. The molecule has 0 saturated heterocycles. The summed E-state index contributed by atoms with van der Waals surface area (Å²) >= 11 is 0. The van der Waals surface area contributed by atoms with Gasteiger partial charge < -0.3 is 14.2 Å². The van der Waals surface area contributed by atoms with E-state index >= 15 is 0 Å². The standard InChI is InChI=1S/C77H56N4O/c1-76(2,3)52-43-44-78-73(46-52)81-70-39-16-13-33-64(70)65-42-41-56(48-72(65)81)82-55-26-18-25-54(47-55)79-49-80-74-57(34-19-35-66(74)60-29-9-7-27-58(60)59-28-8-10-30-61(59)67-36-20-40-71(79)75(67)80)50-21-17-24-53(45-50)77(51-22-5-4-6-23-51)68-37-14-11-31-62(68)63-32-12-15-38-69(63)77/h4-48H,49H2,1-3H3. The summed E-state index contributed by atoms with van der Waals surface area (Å²) in [6.45, 7) is 7.30. The second-order valence-corrected chi connectivity index (χ2v) is 23.0. The van der Waals surface area contributed by atoms with Crippen LogP contribution < -0.4 is 9.64 Å². The number of rotatable bonds is 7. The van der Waals surface area contributed by atoms with Gasteiger partial charge in [0.25, 0.3) is 0 Å². The van der Waals surface area contributed by atoms with E-state index in [0.717, 1.165) is 61.8 Å². The average Bonchev–Trinajstić information content (AvgIpc) is 2.98. The zero-order valence-corrected chi connectivity index (χ0v) is 45.9. The number of para-hydroxylation sites is 3. The number of benzene rings is 11. The molecule has 0 bridgehead atoms. The molecular formula is C77H56N4O. The van der Waals surface area contributed by atoms with E-state index in [2.05, 4.69) is 302 Å². The van der Waals surface area contributed by atoms with Crippen LogP contribution in [-0.2, 0) is 17.5 Å². The maximum atomic E-state index is 6.97. The van der Waals surface area contributed by atoms with Crippen molar-refractivity contribution in [3.63, 3.8) is 0 Å². The molecule has 82 heavy (non-hydrogen) atoms. The Morgan fingerprint density at radius 3 is 1.71 bits per heavy atom. The van der Waals surface area contributed by atoms with Crippen molar-refractivity contribution in [1.82, 2.24) is 14.1 Å². The van der Waals surface area contributed by atoms with Crippen LogP contribution in [0.4, 0.5) is 11.4 Å². The lowest BCUT2D eigenvalue weighted by Crippen LogP contribution is -2.28. The van der Waals surface area contributed by atoms with Gasteiger partial charge in [-0.25, -0.2) is 4.98 Å². The van der Waals surface area contributed by atoms with Crippen molar-refractivity contribution < 1.29 is 4.74 Å². The molecule has 0 unspecified atom stereocenters. The van der Waals surface area contributed by atoms with Crippen LogP contribution in [0, 0.1) is 0 Å². The molecule has 4 heterocycles. The smallest absolute Gasteiger partial charge is 0.137 e. The summed E-state index contributed by atoms with van der Waals surface area (Å²) < 4.78 is 11.8. The number of ether oxygens (including phenoxy) is 1. The lowest BCUT2D eigenvalue weighted by Gasteiger charge is -2.34. The molecule has 0 N–H and O–H groups in total. The molecule has 3 aromatic heterocycles. The monoisotopic (exact) mass is 1050 g/mol. The predicted octanol–water partition coefficient (Wildman–Crippen LogP) is 19.9. The van der Waals surface area contributed by atoms with Gasteiger partial charge in [-0.05, 0) is 126 Å². The minimum Gasteiger partial charge on any atom is -0.457 e. The number of fused-ring (bicyclic) bond motifs is 13. The normalized spacial score (nSPS) is 13.3. The van der Waals surface area contributed by atoms with Crippen LogP contribution in [-0.4, -0.2) is 14.1 Å². The van der Waals surface area contributed by atoms with Crippen LogP contribution >= 0.6 is 0 Å². The Hall–Kier alpha value is -10.2. The fourth-order valence-electron chi connectivity index (χ4n) is 13.9. The molecule has 16 rings (SSSR count). The maximum Gasteiger partial charge on any atom is 0.137 e. The first-order chi connectivity index (χ1) is 40.3. The molecule has 2 aliphatic rings. The minimum absolute atomic E-state index is 0.0312. The van der Waals surface area contributed by atoms with Crippen molar-refractivity contribution in [3.05, 3.63) is 301 Å². The quantitative estimate of drug-likeness (QED) is 0.160. The van der Waals surface area contributed by atoms with E-state index in [-0.39, 0.29) is 5.41 Å². The summed E-state index contributed by atoms with van der Waals surface area (Å²) in [4.78, 5) is 7.41. The number of aromatic nitrogens is 3. The number of hydrogen-bond donors (Lipinski definition) is 0. The van der Waals surface area contributed by atoms with E-state index in [1.807, 2.05) is 6.20 Å². The number of pyridine rings is 1. The van der Waals surface area contributed by atoms with Crippen LogP contribution in [0.3, 0.4) is 0 Å². The first kappa shape index (κ1) is 47.7. The number of anilines is 2. The number of nitrogens with zero attached hydrogens (tertiary/aromatic N) is 4. The molecule has 0 fully saturated rings. The van der Waals surface area contributed by atoms with E-state index in [4.69, 9.17) is 9.72 Å².